The maximum Gasteiger partial charge on any atom is 0.370 e. The lowest BCUT2D eigenvalue weighted by Gasteiger charge is -1.87. The van der Waals surface area contributed by atoms with Crippen LogP contribution in [0, 0.1) is 0 Å². The Kier molecular flexibility index (Phi) is 2.56. The highest BCUT2D eigenvalue weighted by molar-refractivity contribution is 7.13. The number of hydrogen-bond donors (Lipinski definition) is 0. The summed E-state index contributed by atoms with van der Waals surface area (Å²) in [4.78, 5) is 2.33. The zero-order valence-electron chi connectivity index (χ0n) is 8.42. The van der Waals surface area contributed by atoms with E-state index in [2.05, 4.69) is 22.9 Å². The molecule has 0 saturated carbocycles. The summed E-state index contributed by atoms with van der Waals surface area (Å²) in [6.45, 7) is 0. The Labute approximate surface area is 102 Å². The van der Waals surface area contributed by atoms with Gasteiger partial charge in [0.05, 0.1) is 0 Å². The third kappa shape index (κ3) is 1.79. The Morgan fingerprint density at radius 2 is 1.25 bits per heavy atom. The van der Waals surface area contributed by atoms with Crippen LogP contribution < -0.4 is 0 Å². The fourth-order valence-electron chi connectivity index (χ4n) is 1.51. The van der Waals surface area contributed by atoms with Crippen molar-refractivity contribution in [1.29, 1.82) is 0 Å². The predicted molar refractivity (Wildman–Crippen MR) is 69.7 cm³/mol. The second-order valence-electron chi connectivity index (χ2n) is 3.31. The fraction of sp³-hybridized carbons (Fsp3) is 0. The monoisotopic (exact) mass is 245 g/mol. The summed E-state index contributed by atoms with van der Waals surface area (Å²) in [5.41, 5.74) is 0. The first-order valence-corrected chi connectivity index (χ1v) is 6.70. The van der Waals surface area contributed by atoms with Gasteiger partial charge in [-0.1, -0.05) is 12.1 Å². The SMILES string of the molecule is c1cc(-c2cccs2)[o+]c(-c2cccs2)c1. The summed E-state index contributed by atoms with van der Waals surface area (Å²) in [5.74, 6) is 1.86. The molecule has 0 atom stereocenters. The van der Waals surface area contributed by atoms with Gasteiger partial charge in [0.2, 0.25) is 0 Å². The van der Waals surface area contributed by atoms with Crippen molar-refractivity contribution in [1.82, 2.24) is 0 Å². The van der Waals surface area contributed by atoms with E-state index >= 15 is 0 Å². The van der Waals surface area contributed by atoms with E-state index in [1.807, 2.05) is 30.3 Å². The molecule has 0 N–H and O–H groups in total. The van der Waals surface area contributed by atoms with Gasteiger partial charge in [0.25, 0.3) is 0 Å². The molecule has 0 aromatic carbocycles. The van der Waals surface area contributed by atoms with Crippen LogP contribution in [0.1, 0.15) is 0 Å². The largest absolute Gasteiger partial charge is 0.370 e. The first kappa shape index (κ1) is 9.75. The average molecular weight is 245 g/mol. The molecule has 3 aromatic rings. The van der Waals surface area contributed by atoms with E-state index in [4.69, 9.17) is 4.42 Å². The minimum atomic E-state index is 0.931. The third-order valence-electron chi connectivity index (χ3n) is 2.24. The lowest BCUT2D eigenvalue weighted by atomic mass is 10.3. The summed E-state index contributed by atoms with van der Waals surface area (Å²) in [5, 5.41) is 4.12. The molecular weight excluding hydrogens is 236 g/mol. The predicted octanol–water partition coefficient (Wildman–Crippen LogP) is 5.02. The molecule has 0 aliphatic heterocycles. The van der Waals surface area contributed by atoms with Crippen LogP contribution in [0.3, 0.4) is 0 Å². The second kappa shape index (κ2) is 4.20. The smallest absolute Gasteiger partial charge is 0.205 e. The Morgan fingerprint density at radius 1 is 0.688 bits per heavy atom. The highest BCUT2D eigenvalue weighted by Crippen LogP contribution is 2.30. The maximum atomic E-state index is 5.89. The van der Waals surface area contributed by atoms with Crippen molar-refractivity contribution in [3.05, 3.63) is 53.2 Å². The quantitative estimate of drug-likeness (QED) is 0.577. The van der Waals surface area contributed by atoms with E-state index in [1.165, 1.54) is 9.75 Å². The highest BCUT2D eigenvalue weighted by Gasteiger charge is 2.17. The molecule has 0 fully saturated rings. The number of rotatable bonds is 2. The Bertz CT molecular complexity index is 518. The minimum absolute atomic E-state index is 0.931. The van der Waals surface area contributed by atoms with Crippen molar-refractivity contribution >= 4 is 22.7 Å². The van der Waals surface area contributed by atoms with Gasteiger partial charge in [-0.15, -0.1) is 22.7 Å². The molecule has 0 bridgehead atoms. The van der Waals surface area contributed by atoms with Gasteiger partial charge in [0.15, 0.2) is 0 Å². The normalized spacial score (nSPS) is 10.5. The topological polar surface area (TPSA) is 11.3 Å². The summed E-state index contributed by atoms with van der Waals surface area (Å²) in [6.07, 6.45) is 0. The minimum Gasteiger partial charge on any atom is -0.205 e. The number of thiophene rings is 2. The standard InChI is InChI=1S/C13H9OS2/c1-4-10(12-6-2-8-15-12)14-11(5-1)13-7-3-9-16-13/h1-9H/q+1. The molecule has 0 aliphatic carbocycles. The molecule has 0 spiro atoms. The Balaban J connectivity index is 2.07. The van der Waals surface area contributed by atoms with Gasteiger partial charge >= 0.3 is 11.5 Å². The van der Waals surface area contributed by atoms with Gasteiger partial charge in [0.1, 0.15) is 9.75 Å². The van der Waals surface area contributed by atoms with Gasteiger partial charge in [-0.2, -0.15) is 0 Å². The van der Waals surface area contributed by atoms with Crippen LogP contribution in [-0.2, 0) is 0 Å². The second-order valence-corrected chi connectivity index (χ2v) is 5.21. The molecule has 3 heteroatoms. The van der Waals surface area contributed by atoms with E-state index in [-0.39, 0.29) is 0 Å². The summed E-state index contributed by atoms with van der Waals surface area (Å²) in [7, 11) is 0. The Morgan fingerprint density at radius 3 is 1.69 bits per heavy atom. The van der Waals surface area contributed by atoms with Gasteiger partial charge < -0.3 is 0 Å². The van der Waals surface area contributed by atoms with Gasteiger partial charge in [-0.25, -0.2) is 4.42 Å². The molecule has 0 amide bonds. The van der Waals surface area contributed by atoms with Crippen molar-refractivity contribution in [3.8, 4) is 21.3 Å². The van der Waals surface area contributed by atoms with E-state index in [0.717, 1.165) is 11.5 Å². The first-order valence-electron chi connectivity index (χ1n) is 4.94. The van der Waals surface area contributed by atoms with Gasteiger partial charge in [0, 0.05) is 12.1 Å². The van der Waals surface area contributed by atoms with Crippen molar-refractivity contribution in [2.45, 2.75) is 0 Å². The van der Waals surface area contributed by atoms with Gasteiger partial charge in [-0.05, 0) is 29.0 Å². The maximum absolute atomic E-state index is 5.89. The summed E-state index contributed by atoms with van der Waals surface area (Å²) < 4.78 is 5.89. The van der Waals surface area contributed by atoms with Crippen molar-refractivity contribution in [2.75, 3.05) is 0 Å². The van der Waals surface area contributed by atoms with Crippen LogP contribution in [0.2, 0.25) is 0 Å². The highest BCUT2D eigenvalue weighted by atomic mass is 32.1. The fourth-order valence-corrected chi connectivity index (χ4v) is 2.89. The lowest BCUT2D eigenvalue weighted by molar-refractivity contribution is 0.585. The van der Waals surface area contributed by atoms with E-state index < -0.39 is 0 Å². The van der Waals surface area contributed by atoms with Crippen molar-refractivity contribution < 1.29 is 4.42 Å². The third-order valence-corrected chi connectivity index (χ3v) is 4.01. The molecule has 78 valence electrons. The van der Waals surface area contributed by atoms with E-state index in [0.29, 0.717) is 0 Å². The molecule has 3 heterocycles. The molecule has 1 nitrogen and oxygen atoms in total. The molecule has 3 aromatic heterocycles. The van der Waals surface area contributed by atoms with Crippen molar-refractivity contribution in [2.24, 2.45) is 0 Å². The zero-order valence-corrected chi connectivity index (χ0v) is 10.1. The van der Waals surface area contributed by atoms with Crippen LogP contribution in [0.25, 0.3) is 21.3 Å². The van der Waals surface area contributed by atoms with E-state index in [1.54, 1.807) is 22.7 Å². The summed E-state index contributed by atoms with van der Waals surface area (Å²) in [6, 6.07) is 14.3. The Hall–Kier alpha value is -1.45. The average Bonchev–Trinajstić information content (AvgIpc) is 3.03. The lowest BCUT2D eigenvalue weighted by Crippen LogP contribution is -1.75. The molecule has 3 rings (SSSR count). The van der Waals surface area contributed by atoms with Crippen LogP contribution in [0.5, 0.6) is 0 Å². The molecule has 0 saturated heterocycles. The molecule has 0 radical (unpaired) electrons. The first-order chi connectivity index (χ1) is 7.93. The van der Waals surface area contributed by atoms with E-state index in [9.17, 15) is 0 Å². The molecule has 16 heavy (non-hydrogen) atoms. The van der Waals surface area contributed by atoms with Crippen LogP contribution in [0.15, 0.2) is 57.6 Å². The molecule has 0 unspecified atom stereocenters. The number of hydrogen-bond acceptors (Lipinski definition) is 2. The molecular formula is C13H9OS2+. The molecule has 0 aliphatic rings. The van der Waals surface area contributed by atoms with Gasteiger partial charge in [-0.3, -0.25) is 0 Å². The summed E-state index contributed by atoms with van der Waals surface area (Å²) >= 11 is 3.38. The van der Waals surface area contributed by atoms with Crippen LogP contribution in [0.4, 0.5) is 0 Å². The van der Waals surface area contributed by atoms with Crippen molar-refractivity contribution in [3.63, 3.8) is 0 Å². The zero-order chi connectivity index (χ0) is 10.8. The van der Waals surface area contributed by atoms with Crippen LogP contribution in [-0.4, -0.2) is 0 Å². The van der Waals surface area contributed by atoms with Crippen LogP contribution >= 0.6 is 22.7 Å².